The Morgan fingerprint density at radius 2 is 1.91 bits per heavy atom. The number of nitrogens with one attached hydrogen (secondary N) is 1. The normalized spacial score (nSPS) is 23.4. The number of rotatable bonds is 3. The predicted octanol–water partition coefficient (Wildman–Crippen LogP) is 2.90. The summed E-state index contributed by atoms with van der Waals surface area (Å²) in [6.07, 6.45) is 8.75. The van der Waals surface area contributed by atoms with Gasteiger partial charge in [-0.2, -0.15) is 0 Å². The number of likely N-dealkylation sites (tertiary alicyclic amines) is 1. The van der Waals surface area contributed by atoms with E-state index in [2.05, 4.69) is 26.5 Å². The Morgan fingerprint density at radius 1 is 1.02 bits per heavy atom. The van der Waals surface area contributed by atoms with E-state index in [-0.39, 0.29) is 35.6 Å². The van der Waals surface area contributed by atoms with E-state index in [0.29, 0.717) is 74.6 Å². The van der Waals surface area contributed by atoms with E-state index in [1.807, 2.05) is 23.2 Å². The van der Waals surface area contributed by atoms with Gasteiger partial charge in [-0.15, -0.1) is 10.2 Å². The van der Waals surface area contributed by atoms with Gasteiger partial charge in [-0.3, -0.25) is 18.8 Å². The average molecular weight is 589 g/mol. The monoisotopic (exact) mass is 588 g/mol. The summed E-state index contributed by atoms with van der Waals surface area (Å²) in [6.45, 7) is 2.37. The minimum Gasteiger partial charge on any atom is -0.493 e. The van der Waals surface area contributed by atoms with Gasteiger partial charge in [0.25, 0.3) is 5.91 Å². The third-order valence-electron chi connectivity index (χ3n) is 9.22. The second-order valence-corrected chi connectivity index (χ2v) is 12.0. The highest BCUT2D eigenvalue weighted by Crippen LogP contribution is 2.37. The quantitative estimate of drug-likeness (QED) is 0.500. The van der Waals surface area contributed by atoms with Gasteiger partial charge in [-0.1, -0.05) is 6.07 Å². The van der Waals surface area contributed by atoms with Crippen LogP contribution in [-0.4, -0.2) is 88.6 Å². The number of carbonyl (C=O) groups excluding carboxylic acids is 3. The largest absolute Gasteiger partial charge is 0.493 e. The summed E-state index contributed by atoms with van der Waals surface area (Å²) in [6, 6.07) is 7.68. The number of hydrogen-bond acceptors (Lipinski definition) is 7. The number of aromatic nitrogens is 3. The molecule has 2 fully saturated rings. The molecule has 0 spiro atoms. The molecule has 3 aliphatic rings. The maximum Gasteiger partial charge on any atom is 0.257 e. The zero-order valence-corrected chi connectivity index (χ0v) is 25.0. The van der Waals surface area contributed by atoms with Gasteiger partial charge < -0.3 is 24.6 Å². The molecule has 3 aromatic rings. The summed E-state index contributed by atoms with van der Waals surface area (Å²) in [5.41, 5.74) is 3.14. The van der Waals surface area contributed by atoms with Crippen molar-refractivity contribution in [3.05, 3.63) is 53.5 Å². The number of amides is 3. The summed E-state index contributed by atoms with van der Waals surface area (Å²) in [7, 11) is 3.26. The van der Waals surface area contributed by atoms with E-state index in [9.17, 15) is 14.4 Å². The number of carbonyl (C=O) groups is 3. The highest BCUT2D eigenvalue weighted by Gasteiger charge is 2.43. The average Bonchev–Trinajstić information content (AvgIpc) is 3.51. The fourth-order valence-electron chi connectivity index (χ4n) is 7.26. The van der Waals surface area contributed by atoms with Crippen LogP contribution in [0.3, 0.4) is 0 Å². The number of pyridine rings is 1. The molecule has 6 rings (SSSR count). The molecular weight excluding hydrogens is 548 g/mol. The number of nitrogens with zero attached hydrogens (tertiary/aromatic N) is 5. The van der Waals surface area contributed by atoms with Crippen molar-refractivity contribution in [1.82, 2.24) is 29.7 Å². The fraction of sp³-hybridized carbons (Fsp3) is 0.531. The van der Waals surface area contributed by atoms with Crippen LogP contribution in [0.4, 0.5) is 0 Å². The molecule has 3 atom stereocenters. The third-order valence-corrected chi connectivity index (χ3v) is 9.22. The Hall–Kier alpha value is -4.15. The number of hydrogen-bond donors (Lipinski definition) is 1. The summed E-state index contributed by atoms with van der Waals surface area (Å²) in [5, 5.41) is 11.2. The highest BCUT2D eigenvalue weighted by atomic mass is 16.5. The summed E-state index contributed by atoms with van der Waals surface area (Å²) < 4.78 is 13.0. The molecule has 228 valence electrons. The first kappa shape index (κ1) is 28.9. The molecule has 0 radical (unpaired) electrons. The van der Waals surface area contributed by atoms with Crippen molar-refractivity contribution in [2.45, 2.75) is 57.4 Å². The second-order valence-electron chi connectivity index (χ2n) is 12.0. The number of ether oxygens (including phenoxy) is 2. The molecule has 0 saturated carbocycles. The fourth-order valence-corrected chi connectivity index (χ4v) is 7.26. The lowest BCUT2D eigenvalue weighted by Crippen LogP contribution is -2.60. The first-order chi connectivity index (χ1) is 20.9. The molecule has 0 aliphatic carbocycles. The van der Waals surface area contributed by atoms with E-state index < -0.39 is 0 Å². The van der Waals surface area contributed by atoms with Crippen molar-refractivity contribution in [3.8, 4) is 11.5 Å². The lowest BCUT2D eigenvalue weighted by molar-refractivity contribution is -0.140. The molecule has 3 amide bonds. The predicted molar refractivity (Wildman–Crippen MR) is 159 cm³/mol. The van der Waals surface area contributed by atoms with Crippen LogP contribution in [0, 0.1) is 11.8 Å². The van der Waals surface area contributed by atoms with Gasteiger partial charge in [-0.25, -0.2) is 0 Å². The maximum atomic E-state index is 13.9. The number of fused-ring (bicyclic) bond motifs is 7. The van der Waals surface area contributed by atoms with Crippen LogP contribution >= 0.6 is 0 Å². The molecule has 0 unspecified atom stereocenters. The van der Waals surface area contributed by atoms with Gasteiger partial charge in [-0.05, 0) is 79.7 Å². The van der Waals surface area contributed by atoms with Crippen molar-refractivity contribution in [1.29, 1.82) is 0 Å². The van der Waals surface area contributed by atoms with E-state index in [1.54, 1.807) is 31.0 Å². The van der Waals surface area contributed by atoms with E-state index in [0.717, 1.165) is 36.8 Å². The standard InChI is InChI=1S/C32H40N6O5/c1-42-27-16-21-10-11-29(40)38-18-22-15-24(19-37(17-22)32(41)25-7-5-13-36-20-34-35-31(25)36)26(38)8-3-9-28(39)33-12-4-6-23(14-21)30(27)43-2/h5,7,13-14,16,20,22,24,26H,3-4,6,8-12,15,17-19H2,1-2H3,(H,33,39)/t22-,24+,26-/m0/s1. The van der Waals surface area contributed by atoms with Gasteiger partial charge >= 0.3 is 0 Å². The van der Waals surface area contributed by atoms with Crippen molar-refractivity contribution in [2.24, 2.45) is 11.8 Å². The molecule has 1 N–H and O–H groups in total. The van der Waals surface area contributed by atoms with E-state index >= 15 is 0 Å². The summed E-state index contributed by atoms with van der Waals surface area (Å²) in [5.74, 6) is 1.80. The third kappa shape index (κ3) is 6.03. The Kier molecular flexibility index (Phi) is 8.49. The molecule has 4 bridgehead atoms. The molecule has 2 saturated heterocycles. The minimum atomic E-state index is -0.0510. The molecule has 2 aromatic heterocycles. The molecule has 3 aliphatic heterocycles. The maximum absolute atomic E-state index is 13.9. The van der Waals surface area contributed by atoms with Gasteiger partial charge in [0.2, 0.25) is 11.8 Å². The second kappa shape index (κ2) is 12.6. The van der Waals surface area contributed by atoms with Crippen LogP contribution < -0.4 is 14.8 Å². The Balaban J connectivity index is 1.24. The molecule has 11 heteroatoms. The molecule has 1 aromatic carbocycles. The topological polar surface area (TPSA) is 118 Å². The first-order valence-electron chi connectivity index (χ1n) is 15.3. The van der Waals surface area contributed by atoms with Crippen molar-refractivity contribution in [2.75, 3.05) is 40.4 Å². The first-order valence-corrected chi connectivity index (χ1v) is 15.3. The number of aryl methyl sites for hydroxylation is 2. The molecule has 43 heavy (non-hydrogen) atoms. The molecule has 5 heterocycles. The SMILES string of the molecule is COc1cc2cc(c1OC)CCCNC(=O)CCC[C@H]1[C@@H]3C[C@@H](CN(C(=O)c4cccn5cnnc45)C3)CN1C(=O)CC2. The highest BCUT2D eigenvalue weighted by molar-refractivity contribution is 5.99. The Bertz CT molecular complexity index is 1500. The van der Waals surface area contributed by atoms with Gasteiger partial charge in [0, 0.05) is 51.3 Å². The van der Waals surface area contributed by atoms with Crippen molar-refractivity contribution < 1.29 is 23.9 Å². The summed E-state index contributed by atoms with van der Waals surface area (Å²) >= 11 is 0. The van der Waals surface area contributed by atoms with E-state index in [4.69, 9.17) is 9.47 Å². The lowest BCUT2D eigenvalue weighted by atomic mass is 9.77. The van der Waals surface area contributed by atoms with Crippen LogP contribution in [0.15, 0.2) is 36.8 Å². The van der Waals surface area contributed by atoms with Crippen molar-refractivity contribution in [3.63, 3.8) is 0 Å². The van der Waals surface area contributed by atoms with Crippen LogP contribution in [0.25, 0.3) is 5.65 Å². The van der Waals surface area contributed by atoms with Gasteiger partial charge in [0.1, 0.15) is 6.33 Å². The van der Waals surface area contributed by atoms with Crippen LogP contribution in [0.5, 0.6) is 11.5 Å². The number of piperidine rings is 2. The van der Waals surface area contributed by atoms with E-state index in [1.165, 1.54) is 0 Å². The molecule has 11 nitrogen and oxygen atoms in total. The number of benzene rings is 1. The zero-order valence-electron chi connectivity index (χ0n) is 25.0. The van der Waals surface area contributed by atoms with Gasteiger partial charge in [0.05, 0.1) is 19.8 Å². The Morgan fingerprint density at radius 3 is 2.74 bits per heavy atom. The van der Waals surface area contributed by atoms with Gasteiger partial charge in [0.15, 0.2) is 17.1 Å². The minimum absolute atomic E-state index is 0.0232. The van der Waals surface area contributed by atoms with Crippen LogP contribution in [0.1, 0.15) is 60.0 Å². The lowest BCUT2D eigenvalue weighted by Gasteiger charge is -2.51. The van der Waals surface area contributed by atoms with Crippen molar-refractivity contribution >= 4 is 23.4 Å². The molecular formula is C32H40N6O5. The number of methoxy groups -OCH3 is 2. The Labute approximate surface area is 251 Å². The van der Waals surface area contributed by atoms with Crippen LogP contribution in [-0.2, 0) is 22.4 Å². The van der Waals surface area contributed by atoms with Crippen LogP contribution in [0.2, 0.25) is 0 Å². The summed E-state index contributed by atoms with van der Waals surface area (Å²) in [4.78, 5) is 44.3. The zero-order chi connectivity index (χ0) is 29.9. The smallest absolute Gasteiger partial charge is 0.257 e.